The summed E-state index contributed by atoms with van der Waals surface area (Å²) in [6.45, 7) is 3.28. The van der Waals surface area contributed by atoms with E-state index >= 15 is 0 Å². The van der Waals surface area contributed by atoms with Gasteiger partial charge in [0.2, 0.25) is 0 Å². The lowest BCUT2D eigenvalue weighted by atomic mass is 9.96. The van der Waals surface area contributed by atoms with Gasteiger partial charge in [-0.3, -0.25) is 4.99 Å². The topological polar surface area (TPSA) is 89.9 Å². The number of hydrogen-bond acceptors (Lipinski definition) is 8. The molecule has 2 aromatic rings. The van der Waals surface area contributed by atoms with Gasteiger partial charge in [0.15, 0.2) is 16.9 Å². The molecule has 1 aromatic heterocycles. The number of nitrogens with one attached hydrogen (secondary N) is 1. The number of hydrogen-bond donors (Lipinski definition) is 1. The predicted octanol–water partition coefficient (Wildman–Crippen LogP) is 4.28. The van der Waals surface area contributed by atoms with Crippen LogP contribution in [0.25, 0.3) is 0 Å². The molecule has 0 aliphatic carbocycles. The number of rotatable bonds is 7. The first-order chi connectivity index (χ1) is 14.8. The molecule has 0 saturated carbocycles. The molecule has 1 aliphatic heterocycles. The predicted molar refractivity (Wildman–Crippen MR) is 122 cm³/mol. The van der Waals surface area contributed by atoms with Crippen molar-refractivity contribution in [2.75, 3.05) is 11.9 Å². The first-order valence-corrected chi connectivity index (χ1v) is 12.0. The van der Waals surface area contributed by atoms with E-state index in [-0.39, 0.29) is 17.5 Å². The number of allylic oxidation sites excluding steroid dienone is 1. The van der Waals surface area contributed by atoms with Crippen LogP contribution in [0.4, 0.5) is 4.39 Å². The van der Waals surface area contributed by atoms with Gasteiger partial charge < -0.3 is 14.8 Å². The van der Waals surface area contributed by atoms with Gasteiger partial charge in [0.25, 0.3) is 0 Å². The van der Waals surface area contributed by atoms with Crippen LogP contribution in [-0.4, -0.2) is 40.8 Å². The van der Waals surface area contributed by atoms with Gasteiger partial charge in [-0.25, -0.2) is 19.0 Å². The molecule has 0 radical (unpaired) electrons. The molecule has 3 rings (SSSR count). The summed E-state index contributed by atoms with van der Waals surface area (Å²) in [5.41, 5.74) is 1.26. The summed E-state index contributed by atoms with van der Waals surface area (Å²) in [4.78, 5) is 34.0. The van der Waals surface area contributed by atoms with Crippen LogP contribution in [-0.2, 0) is 19.1 Å². The minimum absolute atomic E-state index is 0.171. The van der Waals surface area contributed by atoms with Crippen molar-refractivity contribution in [2.24, 2.45) is 4.99 Å². The standard InChI is InChI=1S/C20H18Br2FN3O4S/c1-3-29-19(27)10(2)30-20(28)15-14(9-21)25-17(18-24-6-7-31-18)26-16(15)12-5-4-11(23)8-13(12)22/h4-8,10,16H,3,9H2,1-2H3,(H,25,26)/t10-,16?/m1/s1. The largest absolute Gasteiger partial charge is 0.463 e. The Kier molecular flexibility index (Phi) is 7.95. The molecule has 31 heavy (non-hydrogen) atoms. The average Bonchev–Trinajstić information content (AvgIpc) is 3.27. The quantitative estimate of drug-likeness (QED) is 0.392. The van der Waals surface area contributed by atoms with Crippen molar-refractivity contribution in [1.82, 2.24) is 10.3 Å². The normalized spacial score (nSPS) is 16.9. The molecule has 1 N–H and O–H groups in total. The SMILES string of the molecule is CCOC(=O)[C@@H](C)OC(=O)C1=C(CBr)NC(c2nccs2)=NC1c1ccc(F)cc1Br. The minimum atomic E-state index is -1.10. The Balaban J connectivity index is 2.05. The number of halogens is 3. The molecule has 11 heteroatoms. The maximum atomic E-state index is 13.7. The molecule has 164 valence electrons. The fourth-order valence-corrected chi connectivity index (χ4v) is 4.47. The molecule has 0 bridgehead atoms. The van der Waals surface area contributed by atoms with E-state index in [9.17, 15) is 14.0 Å². The van der Waals surface area contributed by atoms with Crippen LogP contribution < -0.4 is 5.32 Å². The second kappa shape index (κ2) is 10.5. The van der Waals surface area contributed by atoms with Gasteiger partial charge in [-0.05, 0) is 31.5 Å². The number of nitrogens with zero attached hydrogens (tertiary/aromatic N) is 2. The van der Waals surface area contributed by atoms with E-state index in [0.717, 1.165) is 0 Å². The lowest BCUT2D eigenvalue weighted by Gasteiger charge is -2.27. The zero-order valence-corrected chi connectivity index (χ0v) is 20.5. The van der Waals surface area contributed by atoms with E-state index in [1.54, 1.807) is 19.2 Å². The number of benzene rings is 1. The van der Waals surface area contributed by atoms with Crippen LogP contribution in [0.5, 0.6) is 0 Å². The molecule has 1 unspecified atom stereocenters. The highest BCUT2D eigenvalue weighted by molar-refractivity contribution is 9.10. The molecule has 2 atom stereocenters. The van der Waals surface area contributed by atoms with Gasteiger partial charge in [-0.1, -0.05) is 37.9 Å². The number of aliphatic imine (C=N–C) groups is 1. The lowest BCUT2D eigenvalue weighted by Crippen LogP contribution is -2.36. The molecule has 0 saturated heterocycles. The second-order valence-electron chi connectivity index (χ2n) is 6.33. The van der Waals surface area contributed by atoms with Gasteiger partial charge in [0, 0.05) is 27.1 Å². The Morgan fingerprint density at radius 2 is 2.16 bits per heavy atom. The first-order valence-electron chi connectivity index (χ1n) is 9.21. The highest BCUT2D eigenvalue weighted by atomic mass is 79.9. The van der Waals surface area contributed by atoms with E-state index in [4.69, 9.17) is 9.47 Å². The fourth-order valence-electron chi connectivity index (χ4n) is 2.87. The summed E-state index contributed by atoms with van der Waals surface area (Å²) >= 11 is 8.14. The molecular weight excluding hydrogens is 557 g/mol. The third-order valence-electron chi connectivity index (χ3n) is 4.27. The Hall–Kier alpha value is -2.11. The number of aromatic nitrogens is 1. The summed E-state index contributed by atoms with van der Waals surface area (Å²) in [6.07, 6.45) is 0.549. The number of esters is 2. The molecule has 1 aliphatic rings. The Morgan fingerprint density at radius 1 is 1.39 bits per heavy atom. The van der Waals surface area contributed by atoms with Gasteiger partial charge in [0.1, 0.15) is 11.9 Å². The van der Waals surface area contributed by atoms with Crippen molar-refractivity contribution in [1.29, 1.82) is 0 Å². The van der Waals surface area contributed by atoms with Gasteiger partial charge >= 0.3 is 11.9 Å². The molecular formula is C20H18Br2FN3O4S. The number of ether oxygens (including phenoxy) is 2. The molecule has 0 amide bonds. The van der Waals surface area contributed by atoms with Crippen LogP contribution in [0.1, 0.15) is 30.5 Å². The van der Waals surface area contributed by atoms with Crippen molar-refractivity contribution in [3.63, 3.8) is 0 Å². The number of alkyl halides is 1. The summed E-state index contributed by atoms with van der Waals surface area (Å²) in [5.74, 6) is -1.34. The number of amidine groups is 1. The Morgan fingerprint density at radius 3 is 2.77 bits per heavy atom. The van der Waals surface area contributed by atoms with Crippen LogP contribution in [0.3, 0.4) is 0 Å². The minimum Gasteiger partial charge on any atom is -0.463 e. The van der Waals surface area contributed by atoms with E-state index in [1.807, 2.05) is 5.38 Å². The van der Waals surface area contributed by atoms with E-state index in [2.05, 4.69) is 47.2 Å². The third kappa shape index (κ3) is 5.39. The van der Waals surface area contributed by atoms with Gasteiger partial charge in [0.05, 0.1) is 12.2 Å². The molecule has 7 nitrogen and oxygen atoms in total. The second-order valence-corrected chi connectivity index (χ2v) is 8.64. The number of thiazole rings is 1. The average molecular weight is 575 g/mol. The van der Waals surface area contributed by atoms with Crippen molar-refractivity contribution in [3.05, 3.63) is 61.9 Å². The summed E-state index contributed by atoms with van der Waals surface area (Å²) in [5, 5.41) is 5.85. The van der Waals surface area contributed by atoms with E-state index in [0.29, 0.717) is 26.6 Å². The maximum Gasteiger partial charge on any atom is 0.347 e. The lowest BCUT2D eigenvalue weighted by molar-refractivity contribution is -0.164. The maximum absolute atomic E-state index is 13.7. The zero-order valence-electron chi connectivity index (χ0n) is 16.5. The monoisotopic (exact) mass is 573 g/mol. The summed E-state index contributed by atoms with van der Waals surface area (Å²) in [7, 11) is 0. The van der Waals surface area contributed by atoms with Crippen LogP contribution in [0, 0.1) is 5.82 Å². The summed E-state index contributed by atoms with van der Waals surface area (Å²) < 4.78 is 24.4. The van der Waals surface area contributed by atoms with Gasteiger partial charge in [-0.2, -0.15) is 0 Å². The van der Waals surface area contributed by atoms with Gasteiger partial charge in [-0.15, -0.1) is 11.3 Å². The zero-order chi connectivity index (χ0) is 22.5. The van der Waals surface area contributed by atoms with Crippen molar-refractivity contribution >= 4 is 61.0 Å². The van der Waals surface area contributed by atoms with Crippen LogP contribution >= 0.6 is 43.2 Å². The van der Waals surface area contributed by atoms with Crippen molar-refractivity contribution < 1.29 is 23.5 Å². The highest BCUT2D eigenvalue weighted by Gasteiger charge is 2.35. The first kappa shape index (κ1) is 23.6. The van der Waals surface area contributed by atoms with Crippen molar-refractivity contribution in [3.8, 4) is 0 Å². The molecule has 2 heterocycles. The number of carbonyl (C=O) groups is 2. The van der Waals surface area contributed by atoms with Crippen molar-refractivity contribution in [2.45, 2.75) is 26.0 Å². The Bertz CT molecular complexity index is 1040. The van der Waals surface area contributed by atoms with E-state index < -0.39 is 29.9 Å². The fraction of sp³-hybridized carbons (Fsp3) is 0.300. The summed E-state index contributed by atoms with van der Waals surface area (Å²) in [6, 6.07) is 3.32. The van der Waals surface area contributed by atoms with Crippen LogP contribution in [0.2, 0.25) is 0 Å². The Labute approximate surface area is 199 Å². The highest BCUT2D eigenvalue weighted by Crippen LogP contribution is 2.37. The molecule has 0 fully saturated rings. The third-order valence-corrected chi connectivity index (χ3v) is 6.30. The molecule has 0 spiro atoms. The number of carbonyl (C=O) groups excluding carboxylic acids is 2. The molecule has 1 aromatic carbocycles. The van der Waals surface area contributed by atoms with Crippen LogP contribution in [0.15, 0.2) is 50.5 Å². The smallest absolute Gasteiger partial charge is 0.347 e. The van der Waals surface area contributed by atoms with E-state index in [1.165, 1.54) is 30.4 Å².